The number of furan rings is 1. The van der Waals surface area contributed by atoms with Crippen molar-refractivity contribution in [3.05, 3.63) is 451 Å². The molecule has 18 aromatic carbocycles. The Morgan fingerprint density at radius 2 is 1.01 bits per heavy atom. The fraction of sp³-hybridized carbons (Fsp3) is 0.0667. The molecule has 24 rings (SSSR count). The fourth-order valence-corrected chi connectivity index (χ4v) is 21.2. The first-order valence-electron chi connectivity index (χ1n) is 43.3. The van der Waals surface area contributed by atoms with Crippen LogP contribution in [-0.2, 0) is 6.42 Å². The van der Waals surface area contributed by atoms with E-state index in [1.165, 1.54) is 131 Å². The number of benzene rings is 18. The van der Waals surface area contributed by atoms with Crippen molar-refractivity contribution < 1.29 is 9.15 Å². The molecule has 580 valence electrons. The van der Waals surface area contributed by atoms with Crippen molar-refractivity contribution in [1.82, 2.24) is 4.57 Å². The average Bonchev–Trinajstić information content (AvgIpc) is 1.67. The summed E-state index contributed by atoms with van der Waals surface area (Å²) in [7, 11) is 0. The zero-order chi connectivity index (χ0) is 81.3. The van der Waals surface area contributed by atoms with Crippen LogP contribution < -0.4 is 15.2 Å². The summed E-state index contributed by atoms with van der Waals surface area (Å²) in [6.07, 6.45) is 29.6. The molecule has 0 radical (unpaired) electrons. The van der Waals surface area contributed by atoms with Gasteiger partial charge in [0, 0.05) is 61.7 Å². The van der Waals surface area contributed by atoms with E-state index in [2.05, 4.69) is 431 Å². The van der Waals surface area contributed by atoms with Crippen LogP contribution in [0.25, 0.3) is 199 Å². The smallest absolute Gasteiger partial charge is 0.143 e. The molecule has 0 saturated carbocycles. The van der Waals surface area contributed by atoms with Crippen molar-refractivity contribution in [3.8, 4) is 67.1 Å². The minimum Gasteiger partial charge on any atom is -0.485 e. The van der Waals surface area contributed by atoms with Gasteiger partial charge in [-0.3, -0.25) is 0 Å². The van der Waals surface area contributed by atoms with E-state index < -0.39 is 0 Å². The maximum atomic E-state index is 7.65. The average molecular weight is 1570 g/mol. The van der Waals surface area contributed by atoms with Crippen LogP contribution >= 0.6 is 0 Å². The van der Waals surface area contributed by atoms with Gasteiger partial charge in [0.05, 0.1) is 11.0 Å². The highest BCUT2D eigenvalue weighted by atomic mass is 16.5. The topological polar surface area (TPSA) is 27.3 Å². The Labute approximate surface area is 714 Å². The number of hydrogen-bond acceptors (Lipinski definition) is 2. The Bertz CT molecular complexity index is 8170. The summed E-state index contributed by atoms with van der Waals surface area (Å²) in [5, 5.41) is 21.9. The zero-order valence-corrected chi connectivity index (χ0v) is 68.2. The van der Waals surface area contributed by atoms with Crippen molar-refractivity contribution >= 4 is 137 Å². The van der Waals surface area contributed by atoms with E-state index in [0.717, 1.165) is 118 Å². The lowest BCUT2D eigenvalue weighted by molar-refractivity contribution is 0.253. The number of ether oxygens (including phenoxy) is 1. The summed E-state index contributed by atoms with van der Waals surface area (Å²) < 4.78 is 17.6. The van der Waals surface area contributed by atoms with E-state index in [-0.39, 0.29) is 23.9 Å². The van der Waals surface area contributed by atoms with Crippen LogP contribution in [0, 0.1) is 5.92 Å². The summed E-state index contributed by atoms with van der Waals surface area (Å²) in [6.45, 7) is 6.91. The standard InChI is InChI=1S/C120H83NO2/c1-3-89-111-73-87(105-66-82-36-13-17-41-94(82)97-45-21-23-47-99(97)105)72-107(119(111)122-115(89)52-28-37-80-64-79-34-11-15-39-91(79)95-43-19-18-42-92(80)95)85-56-61-114-109(68-85)108-67-84(55-60-113(108)121(114)88-58-53-76(54-59-88)118-102-50-26-24-48-100(102)117(75-30-7-5-8-31-75)101-49-25-27-51-103(101)118)106-70-86(77-32-9-4-6-29-74(2)90-38-14-10-33-78(90)63-77)71-112-110-69-83(57-62-116(110)123-120(106)112)104-65-81-35-12-16-40-93(81)96-44-20-22-46-98(96)104/h4-31,33-36,38-73,89,98,104,115H,2-3,32,37H2,1H3/b9-4-,29-6-,52-28-,77-63+. The molecule has 3 heteroatoms. The predicted octanol–water partition coefficient (Wildman–Crippen LogP) is 30.5. The lowest BCUT2D eigenvalue weighted by atomic mass is 9.75. The summed E-state index contributed by atoms with van der Waals surface area (Å²) >= 11 is 0. The molecule has 0 amide bonds. The molecule has 4 atom stereocenters. The highest BCUT2D eigenvalue weighted by molar-refractivity contribution is 6.22. The minimum absolute atomic E-state index is 0.0801. The van der Waals surface area contributed by atoms with E-state index in [9.17, 15) is 0 Å². The summed E-state index contributed by atoms with van der Waals surface area (Å²) in [5.41, 5.74) is 27.1. The first kappa shape index (κ1) is 71.9. The third kappa shape index (κ3) is 12.0. The molecule has 3 heterocycles. The van der Waals surface area contributed by atoms with Crippen LogP contribution in [-0.4, -0.2) is 10.7 Å². The number of aromatic nitrogens is 1. The molecular formula is C120H83NO2. The first-order chi connectivity index (χ1) is 60.9. The van der Waals surface area contributed by atoms with Crippen LogP contribution in [0.1, 0.15) is 65.0 Å². The maximum absolute atomic E-state index is 7.65. The third-order valence-corrected chi connectivity index (χ3v) is 27.0. The Balaban J connectivity index is 0.723. The predicted molar refractivity (Wildman–Crippen MR) is 521 cm³/mol. The number of nitrogens with zero attached hydrogens (tertiary/aromatic N) is 1. The van der Waals surface area contributed by atoms with Gasteiger partial charge in [0.15, 0.2) is 0 Å². The van der Waals surface area contributed by atoms with Gasteiger partial charge in [0.2, 0.25) is 0 Å². The number of allylic oxidation sites excluding steroid dienone is 11. The van der Waals surface area contributed by atoms with Gasteiger partial charge in [-0.05, 0) is 268 Å². The van der Waals surface area contributed by atoms with Gasteiger partial charge in [0.25, 0.3) is 0 Å². The van der Waals surface area contributed by atoms with Gasteiger partial charge in [-0.15, -0.1) is 0 Å². The monoisotopic (exact) mass is 1570 g/mol. The summed E-state index contributed by atoms with van der Waals surface area (Å²) in [4.78, 5) is 0. The van der Waals surface area contributed by atoms with Crippen molar-refractivity contribution in [1.29, 1.82) is 0 Å². The molecule has 2 aromatic heterocycles. The molecular weight excluding hydrogens is 1490 g/mol. The van der Waals surface area contributed by atoms with Crippen LogP contribution in [0.15, 0.2) is 411 Å². The number of fused-ring (bicyclic) bond motifs is 18. The summed E-state index contributed by atoms with van der Waals surface area (Å²) in [5.74, 6) is 1.31. The highest BCUT2D eigenvalue weighted by Crippen LogP contribution is 2.53. The maximum Gasteiger partial charge on any atom is 0.143 e. The lowest BCUT2D eigenvalue weighted by Crippen LogP contribution is -2.35. The molecule has 123 heavy (non-hydrogen) atoms. The van der Waals surface area contributed by atoms with E-state index in [1.807, 2.05) is 0 Å². The molecule has 0 saturated heterocycles. The van der Waals surface area contributed by atoms with Gasteiger partial charge in [-0.25, -0.2) is 0 Å². The molecule has 0 fully saturated rings. The molecule has 20 aromatic rings. The van der Waals surface area contributed by atoms with Gasteiger partial charge >= 0.3 is 0 Å². The molecule has 4 aliphatic rings. The van der Waals surface area contributed by atoms with Crippen LogP contribution in [0.4, 0.5) is 0 Å². The van der Waals surface area contributed by atoms with Crippen LogP contribution in [0.3, 0.4) is 0 Å². The van der Waals surface area contributed by atoms with Crippen molar-refractivity contribution in [2.45, 2.75) is 44.1 Å². The highest BCUT2D eigenvalue weighted by Gasteiger charge is 2.36. The minimum atomic E-state index is -0.208. The molecule has 0 N–H and O–H groups in total. The molecule has 3 nitrogen and oxygen atoms in total. The zero-order valence-electron chi connectivity index (χ0n) is 68.2. The Hall–Kier alpha value is -15.2. The SMILES string of the molecule is C=C1/C=C\C=C/C/C(c2cc(-c3ccc4c(c3)c3cc(-c5cc(-c6cc7ccccc7c7ccccc67)cc6c5OC(/C=C\Cc5cc7ccccc7c7ccccc57)C6CC)ccc3n4-c3ccc(-c4c5ccccc5c(-c5ccccc5)c5ccccc45)cc3)c3oc4ccc(C5C=c6ccccc6=C6C=CC=CC65)cc4c3c2)=C\c2ccccc21. The summed E-state index contributed by atoms with van der Waals surface area (Å²) in [6, 6.07) is 127. The Kier molecular flexibility index (Phi) is 17.2. The second kappa shape index (κ2) is 29.4. The Morgan fingerprint density at radius 3 is 1.74 bits per heavy atom. The van der Waals surface area contributed by atoms with Crippen LogP contribution in [0.5, 0.6) is 5.75 Å². The van der Waals surface area contributed by atoms with Gasteiger partial charge in [0.1, 0.15) is 23.0 Å². The molecule has 3 aliphatic carbocycles. The fourth-order valence-electron chi connectivity index (χ4n) is 21.2. The van der Waals surface area contributed by atoms with E-state index in [1.54, 1.807) is 0 Å². The largest absolute Gasteiger partial charge is 0.485 e. The van der Waals surface area contributed by atoms with Gasteiger partial charge in [-0.2, -0.15) is 0 Å². The Morgan fingerprint density at radius 1 is 0.415 bits per heavy atom. The molecule has 0 spiro atoms. The van der Waals surface area contributed by atoms with E-state index >= 15 is 0 Å². The molecule has 4 unspecified atom stereocenters. The van der Waals surface area contributed by atoms with E-state index in [0.29, 0.717) is 6.42 Å². The second-order valence-corrected chi connectivity index (χ2v) is 33.8. The van der Waals surface area contributed by atoms with Crippen molar-refractivity contribution in [2.75, 3.05) is 0 Å². The number of hydrogen-bond donors (Lipinski definition) is 0. The first-order valence-corrected chi connectivity index (χ1v) is 43.3. The van der Waals surface area contributed by atoms with Crippen molar-refractivity contribution in [2.24, 2.45) is 5.92 Å². The normalized spacial score (nSPS) is 17.2. The van der Waals surface area contributed by atoms with Crippen molar-refractivity contribution in [3.63, 3.8) is 0 Å². The number of rotatable bonds is 12. The quantitative estimate of drug-likeness (QED) is 0.0693. The van der Waals surface area contributed by atoms with Crippen LogP contribution in [0.2, 0.25) is 0 Å². The van der Waals surface area contributed by atoms with Gasteiger partial charge in [-0.1, -0.05) is 341 Å². The second-order valence-electron chi connectivity index (χ2n) is 33.8. The molecule has 1 aliphatic heterocycles. The lowest BCUT2D eigenvalue weighted by Gasteiger charge is -2.28. The third-order valence-electron chi connectivity index (χ3n) is 27.0. The molecule has 0 bridgehead atoms. The van der Waals surface area contributed by atoms with Gasteiger partial charge < -0.3 is 13.7 Å². The van der Waals surface area contributed by atoms with E-state index in [4.69, 9.17) is 9.15 Å².